The van der Waals surface area contributed by atoms with E-state index in [1.54, 1.807) is 0 Å². The van der Waals surface area contributed by atoms with E-state index in [4.69, 9.17) is 0 Å². The second kappa shape index (κ2) is 19.0. The molecule has 24 heavy (non-hydrogen) atoms. The predicted molar refractivity (Wildman–Crippen MR) is 94.6 cm³/mol. The van der Waals surface area contributed by atoms with Crippen LogP contribution in [0.25, 0.3) is 0 Å². The molecule has 0 spiro atoms. The maximum absolute atomic E-state index is 11.5. The Bertz CT molecular complexity index is 352. The zero-order valence-corrected chi connectivity index (χ0v) is 19.1. The Morgan fingerprint density at radius 2 is 1.21 bits per heavy atom. The van der Waals surface area contributed by atoms with Crippen molar-refractivity contribution in [2.45, 2.75) is 84.0 Å². The summed E-state index contributed by atoms with van der Waals surface area (Å²) in [5.74, 6) is 0.666. The predicted octanol–water partition coefficient (Wildman–Crippen LogP) is 0.917. The molecule has 0 aromatic rings. The molecule has 0 heterocycles. The van der Waals surface area contributed by atoms with Crippen LogP contribution in [0.3, 0.4) is 0 Å². The average Bonchev–Trinajstić information content (AvgIpc) is 2.47. The molecule has 8 heteroatoms. The molecule has 5 nitrogen and oxygen atoms in total. The Balaban J connectivity index is 0. The number of rotatable bonds is 17. The largest absolute Gasteiger partial charge is 1.00 e. The zero-order chi connectivity index (χ0) is 17.4. The van der Waals surface area contributed by atoms with Gasteiger partial charge in [0.05, 0.1) is 0 Å². The third kappa shape index (κ3) is 23.2. The fourth-order valence-corrected chi connectivity index (χ4v) is 3.83. The van der Waals surface area contributed by atoms with Crippen molar-refractivity contribution in [1.82, 2.24) is 0 Å². The Hall–Kier alpha value is 1.18. The Kier molecular flexibility index (Phi) is 21.6. The van der Waals surface area contributed by atoms with E-state index in [0.29, 0.717) is 5.75 Å². The molecule has 0 fully saturated rings. The van der Waals surface area contributed by atoms with Gasteiger partial charge in [-0.05, 0) is 12.8 Å². The van der Waals surface area contributed by atoms with E-state index in [0.717, 1.165) is 12.8 Å². The Morgan fingerprint density at radius 1 is 0.792 bits per heavy atom. The van der Waals surface area contributed by atoms with Gasteiger partial charge in [-0.3, -0.25) is 4.18 Å². The van der Waals surface area contributed by atoms with Crippen LogP contribution in [0.5, 0.6) is 0 Å². The third-order valence-corrected chi connectivity index (χ3v) is 5.59. The van der Waals surface area contributed by atoms with Crippen LogP contribution in [0.2, 0.25) is 0 Å². The van der Waals surface area contributed by atoms with E-state index in [2.05, 4.69) is 11.1 Å². The fourth-order valence-electron chi connectivity index (χ4n) is 2.44. The Labute approximate surface area is 174 Å². The molecule has 1 atom stereocenters. The molecule has 0 saturated heterocycles. The summed E-state index contributed by atoms with van der Waals surface area (Å²) in [6.45, 7) is 1.96. The van der Waals surface area contributed by atoms with Gasteiger partial charge in [-0.1, -0.05) is 82.3 Å². The van der Waals surface area contributed by atoms with Crippen LogP contribution >= 0.6 is 0 Å². The van der Waals surface area contributed by atoms with Crippen molar-refractivity contribution in [2.24, 2.45) is 0 Å². The van der Waals surface area contributed by atoms with E-state index >= 15 is 0 Å². The summed E-state index contributed by atoms with van der Waals surface area (Å²) in [6.07, 6.45) is 15.1. The van der Waals surface area contributed by atoms with Crippen molar-refractivity contribution in [3.63, 3.8) is 0 Å². The molecule has 0 aromatic carbocycles. The molecule has 0 aliphatic carbocycles. The molecule has 0 aromatic heterocycles. The van der Waals surface area contributed by atoms with E-state index in [-0.39, 0.29) is 41.9 Å². The molecule has 0 amide bonds. The van der Waals surface area contributed by atoms with Crippen LogP contribution in [0.4, 0.5) is 0 Å². The monoisotopic (exact) mass is 392 g/mol. The maximum Gasteiger partial charge on any atom is 1.00 e. The van der Waals surface area contributed by atoms with E-state index in [9.17, 15) is 17.5 Å². The van der Waals surface area contributed by atoms with E-state index in [1.807, 2.05) is 0 Å². The first-order chi connectivity index (χ1) is 11.0. The first-order valence-corrected chi connectivity index (χ1v) is 11.7. The molecule has 0 N–H and O–H groups in total. The van der Waals surface area contributed by atoms with Gasteiger partial charge in [-0.2, -0.15) is 0 Å². The molecule has 1 unspecified atom stereocenters. The molecule has 0 radical (unpaired) electrons. The van der Waals surface area contributed by atoms with Crippen LogP contribution in [-0.4, -0.2) is 35.6 Å². The van der Waals surface area contributed by atoms with Crippen LogP contribution in [0, 0.1) is 0 Å². The summed E-state index contributed by atoms with van der Waals surface area (Å²) in [4.78, 5) is 0. The third-order valence-electron chi connectivity index (χ3n) is 3.76. The van der Waals surface area contributed by atoms with Crippen molar-refractivity contribution < 1.29 is 51.3 Å². The standard InChI is InChI=1S/C16H34O5S2.Na/c1-2-3-4-5-6-7-8-9-10-11-12-13-15-22(17)16-14-21-23(18,19)20;/h2-16H2,1H3,(H,18,19,20);/q;+1/p-1. The molecule has 0 aliphatic rings. The number of hydrogen-bond acceptors (Lipinski definition) is 5. The van der Waals surface area contributed by atoms with Gasteiger partial charge in [-0.15, -0.1) is 0 Å². The van der Waals surface area contributed by atoms with Crippen molar-refractivity contribution >= 4 is 21.6 Å². The van der Waals surface area contributed by atoms with Gasteiger partial charge in [0.25, 0.3) is 0 Å². The van der Waals surface area contributed by atoms with Gasteiger partial charge in [-0.25, -0.2) is 8.42 Å². The van der Waals surface area contributed by atoms with Crippen molar-refractivity contribution in [1.29, 1.82) is 0 Å². The minimum atomic E-state index is -4.65. The van der Waals surface area contributed by atoms with Crippen LogP contribution < -0.4 is 29.6 Å². The van der Waals surface area contributed by atoms with E-state index in [1.165, 1.54) is 64.2 Å². The van der Waals surface area contributed by atoms with Gasteiger partial charge < -0.3 is 9.11 Å². The topological polar surface area (TPSA) is 89.5 Å². The minimum Gasteiger partial charge on any atom is -0.726 e. The van der Waals surface area contributed by atoms with Crippen molar-refractivity contribution in [3.8, 4) is 0 Å². The molecule has 0 saturated carbocycles. The summed E-state index contributed by atoms with van der Waals surface area (Å²) in [5.41, 5.74) is 0. The number of hydrogen-bond donors (Lipinski definition) is 0. The molecule has 0 aliphatic heterocycles. The van der Waals surface area contributed by atoms with Crippen LogP contribution in [-0.2, 0) is 25.8 Å². The van der Waals surface area contributed by atoms with Crippen molar-refractivity contribution in [2.75, 3.05) is 18.1 Å². The first-order valence-electron chi connectivity index (χ1n) is 8.91. The second-order valence-corrected chi connectivity index (χ2v) is 8.72. The molecular formula is C16H33NaO5S2. The number of unbranched alkanes of at least 4 members (excludes halogenated alkanes) is 11. The summed E-state index contributed by atoms with van der Waals surface area (Å²) >= 11 is -1.10. The summed E-state index contributed by atoms with van der Waals surface area (Å²) in [7, 11) is -4.65. The van der Waals surface area contributed by atoms with Gasteiger partial charge in [0.15, 0.2) is 0 Å². The quantitative estimate of drug-likeness (QED) is 0.121. The normalized spacial score (nSPS) is 12.8. The average molecular weight is 393 g/mol. The Morgan fingerprint density at radius 3 is 1.62 bits per heavy atom. The SMILES string of the molecule is CCCCCCCCCCCCCC[S+]([O-])CCOS(=O)(=O)[O-].[Na+]. The second-order valence-electron chi connectivity index (χ2n) is 5.97. The summed E-state index contributed by atoms with van der Waals surface area (Å²) in [5, 5.41) is 0. The smallest absolute Gasteiger partial charge is 0.726 e. The molecular weight excluding hydrogens is 359 g/mol. The van der Waals surface area contributed by atoms with Crippen molar-refractivity contribution in [3.05, 3.63) is 0 Å². The van der Waals surface area contributed by atoms with E-state index < -0.39 is 21.6 Å². The first kappa shape index (κ1) is 27.4. The summed E-state index contributed by atoms with van der Waals surface area (Å²) in [6, 6.07) is 0. The molecule has 0 bridgehead atoms. The van der Waals surface area contributed by atoms with Crippen LogP contribution in [0.1, 0.15) is 84.0 Å². The molecule has 140 valence electrons. The van der Waals surface area contributed by atoms with Gasteiger partial charge in [0.2, 0.25) is 10.4 Å². The van der Waals surface area contributed by atoms with Gasteiger partial charge in [0, 0.05) is 0 Å². The van der Waals surface area contributed by atoms with Gasteiger partial charge >= 0.3 is 29.6 Å². The minimum absolute atomic E-state index is 0. The van der Waals surface area contributed by atoms with Gasteiger partial charge in [0.1, 0.15) is 18.1 Å². The zero-order valence-electron chi connectivity index (χ0n) is 15.5. The maximum atomic E-state index is 11.5. The summed E-state index contributed by atoms with van der Waals surface area (Å²) < 4.78 is 46.2. The fraction of sp³-hybridized carbons (Fsp3) is 1.00. The molecule has 0 rings (SSSR count). The van der Waals surface area contributed by atoms with Crippen LogP contribution in [0.15, 0.2) is 0 Å².